The molecule has 0 saturated carbocycles. The molecule has 1 aliphatic rings. The number of rotatable bonds is 6. The van der Waals surface area contributed by atoms with E-state index in [-0.39, 0.29) is 6.42 Å². The van der Waals surface area contributed by atoms with Gasteiger partial charge in [-0.25, -0.2) is 4.79 Å². The van der Waals surface area contributed by atoms with Crippen LogP contribution in [0.4, 0.5) is 0 Å². The predicted octanol–water partition coefficient (Wildman–Crippen LogP) is 3.86. The molecule has 0 fully saturated rings. The highest BCUT2D eigenvalue weighted by atomic mass is 35.5. The van der Waals surface area contributed by atoms with Crippen molar-refractivity contribution in [3.05, 3.63) is 76.8 Å². The fraction of sp³-hybridized carbons (Fsp3) is 0.158. The standard InChI is InChI=1S/C19H15ClO5/c1-2-9-23-16-8-7-12(10-15(16)20)11-17(21)24-19-14-6-4-3-5-13(14)18(22)25-19/h2-8,10,19H,1,9,11H2. The van der Waals surface area contributed by atoms with Crippen molar-refractivity contribution in [3.8, 4) is 5.75 Å². The largest absolute Gasteiger partial charge is 0.488 e. The minimum atomic E-state index is -1.01. The summed E-state index contributed by atoms with van der Waals surface area (Å²) in [4.78, 5) is 23.9. The Hall–Kier alpha value is -2.79. The molecule has 6 heteroatoms. The number of hydrogen-bond donors (Lipinski definition) is 0. The molecule has 0 N–H and O–H groups in total. The SMILES string of the molecule is C=CCOc1ccc(CC(=O)OC2OC(=O)c3ccccc32)cc1Cl. The Bertz CT molecular complexity index is 830. The van der Waals surface area contributed by atoms with Gasteiger partial charge in [0.05, 0.1) is 17.0 Å². The van der Waals surface area contributed by atoms with Gasteiger partial charge in [0.1, 0.15) is 12.4 Å². The summed E-state index contributed by atoms with van der Waals surface area (Å²) in [5.41, 5.74) is 1.62. The Balaban J connectivity index is 1.65. The topological polar surface area (TPSA) is 61.8 Å². The van der Waals surface area contributed by atoms with E-state index in [9.17, 15) is 9.59 Å². The van der Waals surface area contributed by atoms with Crippen molar-refractivity contribution >= 4 is 23.5 Å². The average molecular weight is 359 g/mol. The quantitative estimate of drug-likeness (QED) is 0.579. The monoisotopic (exact) mass is 358 g/mol. The Kier molecular flexibility index (Phi) is 5.05. The Morgan fingerprint density at radius 2 is 2.08 bits per heavy atom. The number of cyclic esters (lactones) is 1. The molecule has 128 valence electrons. The normalized spacial score (nSPS) is 15.2. The molecular weight excluding hydrogens is 344 g/mol. The summed E-state index contributed by atoms with van der Waals surface area (Å²) in [6, 6.07) is 11.8. The summed E-state index contributed by atoms with van der Waals surface area (Å²) in [6.07, 6.45) is 0.599. The van der Waals surface area contributed by atoms with Gasteiger partial charge in [0.25, 0.3) is 6.29 Å². The minimum Gasteiger partial charge on any atom is -0.488 e. The number of hydrogen-bond acceptors (Lipinski definition) is 5. The van der Waals surface area contributed by atoms with Gasteiger partial charge in [-0.2, -0.15) is 0 Å². The van der Waals surface area contributed by atoms with E-state index in [1.54, 1.807) is 48.5 Å². The van der Waals surface area contributed by atoms with Gasteiger partial charge in [0.15, 0.2) is 0 Å². The molecule has 1 aliphatic heterocycles. The third-order valence-electron chi connectivity index (χ3n) is 3.59. The lowest BCUT2D eigenvalue weighted by Crippen LogP contribution is -2.13. The van der Waals surface area contributed by atoms with Crippen LogP contribution in [-0.4, -0.2) is 18.5 Å². The third kappa shape index (κ3) is 3.83. The van der Waals surface area contributed by atoms with Crippen molar-refractivity contribution in [2.75, 3.05) is 6.61 Å². The van der Waals surface area contributed by atoms with Gasteiger partial charge in [0, 0.05) is 5.56 Å². The van der Waals surface area contributed by atoms with Crippen molar-refractivity contribution in [1.29, 1.82) is 0 Å². The van der Waals surface area contributed by atoms with E-state index < -0.39 is 18.2 Å². The number of benzene rings is 2. The number of ether oxygens (including phenoxy) is 3. The van der Waals surface area contributed by atoms with Crippen LogP contribution >= 0.6 is 11.6 Å². The number of carbonyl (C=O) groups excluding carboxylic acids is 2. The van der Waals surface area contributed by atoms with Crippen molar-refractivity contribution in [3.63, 3.8) is 0 Å². The Morgan fingerprint density at radius 3 is 2.84 bits per heavy atom. The second-order valence-corrected chi connectivity index (χ2v) is 5.76. The Morgan fingerprint density at radius 1 is 1.28 bits per heavy atom. The van der Waals surface area contributed by atoms with Crippen LogP contribution in [0.25, 0.3) is 0 Å². The lowest BCUT2D eigenvalue weighted by Gasteiger charge is -2.12. The molecule has 0 spiro atoms. The van der Waals surface area contributed by atoms with Crippen molar-refractivity contribution in [2.24, 2.45) is 0 Å². The van der Waals surface area contributed by atoms with Gasteiger partial charge in [-0.3, -0.25) is 4.79 Å². The predicted molar refractivity (Wildman–Crippen MR) is 91.5 cm³/mol. The molecule has 1 atom stereocenters. The first-order valence-corrected chi connectivity index (χ1v) is 7.98. The molecule has 0 bridgehead atoms. The Labute approximate surface area is 149 Å². The van der Waals surface area contributed by atoms with E-state index in [1.807, 2.05) is 0 Å². The molecule has 0 aliphatic carbocycles. The molecule has 1 heterocycles. The smallest absolute Gasteiger partial charge is 0.342 e. The van der Waals surface area contributed by atoms with Gasteiger partial charge in [0.2, 0.25) is 0 Å². The first-order chi connectivity index (χ1) is 12.1. The van der Waals surface area contributed by atoms with Crippen LogP contribution in [-0.2, 0) is 20.7 Å². The van der Waals surface area contributed by atoms with E-state index in [0.717, 1.165) is 0 Å². The molecule has 0 amide bonds. The number of fused-ring (bicyclic) bond motifs is 1. The molecule has 0 saturated heterocycles. The molecule has 0 radical (unpaired) electrons. The van der Waals surface area contributed by atoms with E-state index in [4.69, 9.17) is 25.8 Å². The maximum absolute atomic E-state index is 12.2. The van der Waals surface area contributed by atoms with Crippen LogP contribution in [0.3, 0.4) is 0 Å². The fourth-order valence-corrected chi connectivity index (χ4v) is 2.71. The van der Waals surface area contributed by atoms with Crippen LogP contribution in [0.5, 0.6) is 5.75 Å². The maximum atomic E-state index is 12.2. The van der Waals surface area contributed by atoms with E-state index in [2.05, 4.69) is 6.58 Å². The summed E-state index contributed by atoms with van der Waals surface area (Å²) in [5.74, 6) is -0.511. The molecule has 5 nitrogen and oxygen atoms in total. The number of carbonyl (C=O) groups is 2. The van der Waals surface area contributed by atoms with Crippen LogP contribution < -0.4 is 4.74 Å². The zero-order chi connectivity index (χ0) is 17.8. The van der Waals surface area contributed by atoms with Crippen LogP contribution in [0.15, 0.2) is 55.1 Å². The zero-order valence-electron chi connectivity index (χ0n) is 13.2. The lowest BCUT2D eigenvalue weighted by atomic mass is 10.1. The number of halogens is 1. The van der Waals surface area contributed by atoms with Crippen molar-refractivity contribution < 1.29 is 23.8 Å². The molecule has 2 aromatic rings. The van der Waals surface area contributed by atoms with Crippen LogP contribution in [0.1, 0.15) is 27.8 Å². The van der Waals surface area contributed by atoms with Crippen molar-refractivity contribution in [2.45, 2.75) is 12.7 Å². The van der Waals surface area contributed by atoms with Gasteiger partial charge in [-0.15, -0.1) is 0 Å². The highest BCUT2D eigenvalue weighted by Crippen LogP contribution is 2.32. The first kappa shape index (κ1) is 17.0. The fourth-order valence-electron chi connectivity index (χ4n) is 2.45. The number of esters is 2. The third-order valence-corrected chi connectivity index (χ3v) is 3.88. The van der Waals surface area contributed by atoms with Gasteiger partial charge >= 0.3 is 11.9 Å². The van der Waals surface area contributed by atoms with Crippen molar-refractivity contribution in [1.82, 2.24) is 0 Å². The maximum Gasteiger partial charge on any atom is 0.342 e. The van der Waals surface area contributed by atoms with Gasteiger partial charge in [-0.1, -0.05) is 48.5 Å². The van der Waals surface area contributed by atoms with Crippen LogP contribution in [0.2, 0.25) is 5.02 Å². The first-order valence-electron chi connectivity index (χ1n) is 7.60. The van der Waals surface area contributed by atoms with Gasteiger partial charge in [-0.05, 0) is 23.8 Å². The molecule has 1 unspecified atom stereocenters. The van der Waals surface area contributed by atoms with Gasteiger partial charge < -0.3 is 14.2 Å². The molecule has 0 aromatic heterocycles. The summed E-state index contributed by atoms with van der Waals surface area (Å²) < 4.78 is 15.7. The van der Waals surface area contributed by atoms with E-state index >= 15 is 0 Å². The van der Waals surface area contributed by atoms with E-state index in [0.29, 0.717) is 34.1 Å². The summed E-state index contributed by atoms with van der Waals surface area (Å²) >= 11 is 6.12. The van der Waals surface area contributed by atoms with Crippen LogP contribution in [0, 0.1) is 0 Å². The molecule has 3 rings (SSSR count). The summed E-state index contributed by atoms with van der Waals surface area (Å²) in [5, 5.41) is 0.393. The summed E-state index contributed by atoms with van der Waals surface area (Å²) in [7, 11) is 0. The second-order valence-electron chi connectivity index (χ2n) is 5.36. The zero-order valence-corrected chi connectivity index (χ0v) is 14.0. The molecule has 2 aromatic carbocycles. The second kappa shape index (κ2) is 7.40. The average Bonchev–Trinajstić information content (AvgIpc) is 2.90. The highest BCUT2D eigenvalue weighted by molar-refractivity contribution is 6.32. The summed E-state index contributed by atoms with van der Waals surface area (Å²) in [6.45, 7) is 3.91. The molecule has 25 heavy (non-hydrogen) atoms. The lowest BCUT2D eigenvalue weighted by molar-refractivity contribution is -0.166. The molecular formula is C19H15ClO5. The highest BCUT2D eigenvalue weighted by Gasteiger charge is 2.33. The van der Waals surface area contributed by atoms with E-state index in [1.165, 1.54) is 0 Å². The minimum absolute atomic E-state index is 0.00231.